The summed E-state index contributed by atoms with van der Waals surface area (Å²) >= 11 is 0. The Morgan fingerprint density at radius 1 is 1.53 bits per heavy atom. The smallest absolute Gasteiger partial charge is 0.192 e. The lowest BCUT2D eigenvalue weighted by Crippen LogP contribution is -2.26. The van der Waals surface area contributed by atoms with Crippen LogP contribution in [-0.2, 0) is 0 Å². The molecule has 0 spiro atoms. The van der Waals surface area contributed by atoms with Crippen LogP contribution in [0.5, 0.6) is 0 Å². The number of nitrogens with two attached hydrogens (primary N) is 1. The number of rotatable bonds is 2. The van der Waals surface area contributed by atoms with E-state index in [1.165, 1.54) is 0 Å². The summed E-state index contributed by atoms with van der Waals surface area (Å²) in [5.41, 5.74) is 7.47. The second kappa shape index (κ2) is 3.47. The first kappa shape index (κ1) is 9.86. The summed E-state index contributed by atoms with van der Waals surface area (Å²) in [7, 11) is 0. The van der Waals surface area contributed by atoms with Gasteiger partial charge in [-0.1, -0.05) is 0 Å². The summed E-state index contributed by atoms with van der Waals surface area (Å²) in [5.74, 6) is 0.501. The van der Waals surface area contributed by atoms with Crippen LogP contribution < -0.4 is 5.73 Å². The van der Waals surface area contributed by atoms with Crippen molar-refractivity contribution in [2.45, 2.75) is 19.9 Å². The number of benzene rings is 1. The summed E-state index contributed by atoms with van der Waals surface area (Å²) < 4.78 is 5.33. The summed E-state index contributed by atoms with van der Waals surface area (Å²) in [4.78, 5) is 15.8. The molecule has 0 saturated heterocycles. The Balaban J connectivity index is 2.51. The highest BCUT2D eigenvalue weighted by Crippen LogP contribution is 2.17. The fourth-order valence-corrected chi connectivity index (χ4v) is 1.46. The fourth-order valence-electron chi connectivity index (χ4n) is 1.46. The first-order valence-electron chi connectivity index (χ1n) is 4.75. The highest BCUT2D eigenvalue weighted by atomic mass is 16.3. The van der Waals surface area contributed by atoms with Gasteiger partial charge in [0.1, 0.15) is 5.52 Å². The van der Waals surface area contributed by atoms with Crippen molar-refractivity contribution in [3.8, 4) is 0 Å². The number of nitrogens with zero attached hydrogens (tertiary/aromatic N) is 1. The van der Waals surface area contributed by atoms with E-state index in [1.807, 2.05) is 0 Å². The van der Waals surface area contributed by atoms with Crippen LogP contribution in [0.25, 0.3) is 11.1 Å². The number of aromatic nitrogens is 1. The topological polar surface area (TPSA) is 69.1 Å². The molecule has 0 aliphatic heterocycles. The molecule has 1 atom stereocenters. The van der Waals surface area contributed by atoms with Crippen molar-refractivity contribution in [1.82, 2.24) is 4.98 Å². The fraction of sp³-hybridized carbons (Fsp3) is 0.273. The van der Waals surface area contributed by atoms with Gasteiger partial charge in [-0.3, -0.25) is 4.79 Å². The molecule has 0 saturated carbocycles. The molecule has 78 valence electrons. The van der Waals surface area contributed by atoms with E-state index in [4.69, 9.17) is 10.2 Å². The Kier molecular flexibility index (Phi) is 2.28. The van der Waals surface area contributed by atoms with Gasteiger partial charge in [-0.2, -0.15) is 0 Å². The molecule has 0 fully saturated rings. The van der Waals surface area contributed by atoms with Crippen molar-refractivity contribution in [2.75, 3.05) is 0 Å². The summed E-state index contributed by atoms with van der Waals surface area (Å²) in [6, 6.07) is 4.67. The predicted octanol–water partition coefficient (Wildman–Crippen LogP) is 1.67. The molecule has 0 bridgehead atoms. The summed E-state index contributed by atoms with van der Waals surface area (Å²) in [5, 5.41) is 0. The van der Waals surface area contributed by atoms with E-state index in [-0.39, 0.29) is 5.78 Å². The minimum atomic E-state index is -0.494. The van der Waals surface area contributed by atoms with Crippen LogP contribution in [0.1, 0.15) is 23.2 Å². The molecule has 0 aliphatic carbocycles. The number of fused-ring (bicyclic) bond motifs is 1. The molecule has 4 heteroatoms. The van der Waals surface area contributed by atoms with Crippen LogP contribution in [0.4, 0.5) is 0 Å². The summed E-state index contributed by atoms with van der Waals surface area (Å²) in [6.07, 6.45) is 0. The second-order valence-electron chi connectivity index (χ2n) is 3.57. The number of hydrogen-bond acceptors (Lipinski definition) is 4. The lowest BCUT2D eigenvalue weighted by molar-refractivity contribution is 0.0968. The highest BCUT2D eigenvalue weighted by molar-refractivity contribution is 6.01. The first-order chi connectivity index (χ1) is 7.08. The number of hydrogen-bond donors (Lipinski definition) is 1. The van der Waals surface area contributed by atoms with E-state index in [2.05, 4.69) is 4.98 Å². The zero-order chi connectivity index (χ0) is 11.0. The van der Waals surface area contributed by atoms with E-state index in [0.29, 0.717) is 17.0 Å². The average molecular weight is 204 g/mol. The Bertz CT molecular complexity index is 514. The molecule has 1 heterocycles. The quantitative estimate of drug-likeness (QED) is 0.755. The molecule has 2 N–H and O–H groups in total. The zero-order valence-corrected chi connectivity index (χ0v) is 8.65. The SMILES string of the molecule is Cc1nc2ccc(C(=O)C(C)N)cc2o1. The lowest BCUT2D eigenvalue weighted by atomic mass is 10.1. The van der Waals surface area contributed by atoms with Crippen molar-refractivity contribution >= 4 is 16.9 Å². The van der Waals surface area contributed by atoms with Gasteiger partial charge < -0.3 is 10.2 Å². The van der Waals surface area contributed by atoms with Crippen LogP contribution in [0.3, 0.4) is 0 Å². The van der Waals surface area contributed by atoms with Crippen molar-refractivity contribution in [1.29, 1.82) is 0 Å². The molecule has 15 heavy (non-hydrogen) atoms. The number of oxazole rings is 1. The maximum atomic E-state index is 11.6. The van der Waals surface area contributed by atoms with Gasteiger partial charge in [0.25, 0.3) is 0 Å². The van der Waals surface area contributed by atoms with E-state index in [1.54, 1.807) is 32.0 Å². The van der Waals surface area contributed by atoms with E-state index >= 15 is 0 Å². The lowest BCUT2D eigenvalue weighted by Gasteiger charge is -2.02. The monoisotopic (exact) mass is 204 g/mol. The van der Waals surface area contributed by atoms with Crippen LogP contribution >= 0.6 is 0 Å². The molecule has 1 aromatic carbocycles. The van der Waals surface area contributed by atoms with Crippen molar-refractivity contribution < 1.29 is 9.21 Å². The largest absolute Gasteiger partial charge is 0.441 e. The minimum absolute atomic E-state index is 0.0917. The highest BCUT2D eigenvalue weighted by Gasteiger charge is 2.12. The van der Waals surface area contributed by atoms with Crippen LogP contribution in [-0.4, -0.2) is 16.8 Å². The molecule has 1 aromatic heterocycles. The molecule has 2 aromatic rings. The number of carbonyl (C=O) groups excluding carboxylic acids is 1. The maximum Gasteiger partial charge on any atom is 0.192 e. The Morgan fingerprint density at radius 3 is 2.93 bits per heavy atom. The van der Waals surface area contributed by atoms with Crippen molar-refractivity contribution in [2.24, 2.45) is 5.73 Å². The van der Waals surface area contributed by atoms with Gasteiger partial charge in [-0.25, -0.2) is 4.98 Å². The number of aryl methyl sites for hydroxylation is 1. The number of Topliss-reactive ketones (excluding diaryl/α,β-unsaturated/α-hetero) is 1. The number of ketones is 1. The third-order valence-electron chi connectivity index (χ3n) is 2.19. The Hall–Kier alpha value is -1.68. The van der Waals surface area contributed by atoms with E-state index in [0.717, 1.165) is 5.52 Å². The molecule has 2 rings (SSSR count). The summed E-state index contributed by atoms with van der Waals surface area (Å²) in [6.45, 7) is 3.44. The van der Waals surface area contributed by atoms with Gasteiger partial charge in [0.2, 0.25) is 0 Å². The zero-order valence-electron chi connectivity index (χ0n) is 8.65. The van der Waals surface area contributed by atoms with Gasteiger partial charge in [0.15, 0.2) is 17.3 Å². The number of carbonyl (C=O) groups is 1. The Morgan fingerprint density at radius 2 is 2.27 bits per heavy atom. The standard InChI is InChI=1S/C11H12N2O2/c1-6(12)11(14)8-3-4-9-10(5-8)15-7(2)13-9/h3-6H,12H2,1-2H3. The maximum absolute atomic E-state index is 11.6. The first-order valence-corrected chi connectivity index (χ1v) is 4.75. The molecule has 4 nitrogen and oxygen atoms in total. The van der Waals surface area contributed by atoms with E-state index < -0.39 is 6.04 Å². The van der Waals surface area contributed by atoms with Crippen molar-refractivity contribution in [3.63, 3.8) is 0 Å². The van der Waals surface area contributed by atoms with Gasteiger partial charge in [-0.15, -0.1) is 0 Å². The van der Waals surface area contributed by atoms with Crippen LogP contribution in [0, 0.1) is 6.92 Å². The van der Waals surface area contributed by atoms with Gasteiger partial charge >= 0.3 is 0 Å². The molecular formula is C11H12N2O2. The van der Waals surface area contributed by atoms with Crippen molar-refractivity contribution in [3.05, 3.63) is 29.7 Å². The Labute approximate surface area is 87.1 Å². The minimum Gasteiger partial charge on any atom is -0.441 e. The normalized spacial score (nSPS) is 13.0. The van der Waals surface area contributed by atoms with Gasteiger partial charge in [-0.05, 0) is 25.1 Å². The molecular weight excluding hydrogens is 192 g/mol. The van der Waals surface area contributed by atoms with E-state index in [9.17, 15) is 4.79 Å². The third-order valence-corrected chi connectivity index (χ3v) is 2.19. The molecule has 0 radical (unpaired) electrons. The third kappa shape index (κ3) is 1.76. The second-order valence-corrected chi connectivity index (χ2v) is 3.57. The van der Waals surface area contributed by atoms with Gasteiger partial charge in [0, 0.05) is 12.5 Å². The average Bonchev–Trinajstić information content (AvgIpc) is 2.55. The predicted molar refractivity (Wildman–Crippen MR) is 56.7 cm³/mol. The van der Waals surface area contributed by atoms with Crippen LogP contribution in [0.15, 0.2) is 22.6 Å². The van der Waals surface area contributed by atoms with Crippen LogP contribution in [0.2, 0.25) is 0 Å². The van der Waals surface area contributed by atoms with Gasteiger partial charge in [0.05, 0.1) is 6.04 Å². The molecule has 1 unspecified atom stereocenters. The molecule has 0 aliphatic rings. The molecule has 0 amide bonds.